The maximum atomic E-state index is 12.6. The number of nitrogens with zero attached hydrogens (tertiary/aromatic N) is 2. The largest absolute Gasteiger partial charge is 0.748 e. The van der Waals surface area contributed by atoms with E-state index in [1.807, 2.05) is 12.1 Å². The van der Waals surface area contributed by atoms with Crippen molar-refractivity contribution in [3.05, 3.63) is 76.4 Å². The number of aromatic nitrogens is 1. The van der Waals surface area contributed by atoms with Crippen molar-refractivity contribution >= 4 is 51.8 Å². The van der Waals surface area contributed by atoms with Crippen LogP contribution in [0.2, 0.25) is 10.0 Å². The third kappa shape index (κ3) is 5.31. The van der Waals surface area contributed by atoms with Gasteiger partial charge in [0.25, 0.3) is 5.91 Å². The molecule has 0 bridgehead atoms. The van der Waals surface area contributed by atoms with Gasteiger partial charge in [0.15, 0.2) is 0 Å². The van der Waals surface area contributed by atoms with Crippen LogP contribution in [0.4, 0.5) is 11.4 Å². The summed E-state index contributed by atoms with van der Waals surface area (Å²) in [6.07, 6.45) is 1.65. The molecule has 3 rings (SSSR count). The van der Waals surface area contributed by atoms with Gasteiger partial charge < -0.3 is 9.87 Å². The molecule has 3 aromatic rings. The molecule has 0 saturated carbocycles. The number of anilines is 2. The second-order valence-corrected chi connectivity index (χ2v) is 7.18. The fourth-order valence-corrected chi connectivity index (χ4v) is 3.28. The Morgan fingerprint density at radius 1 is 1.14 bits per heavy atom. The van der Waals surface area contributed by atoms with Crippen molar-refractivity contribution < 1.29 is 17.8 Å². The first-order chi connectivity index (χ1) is 13.8. The molecule has 1 heterocycles. The third-order valence-electron chi connectivity index (χ3n) is 3.90. The number of halogens is 2. The Bertz CT molecular complexity index is 1070. The van der Waals surface area contributed by atoms with E-state index in [1.165, 1.54) is 25.2 Å². The van der Waals surface area contributed by atoms with Crippen molar-refractivity contribution in [3.63, 3.8) is 0 Å². The van der Waals surface area contributed by atoms with Gasteiger partial charge in [-0.1, -0.05) is 29.3 Å². The number of nitrogens with one attached hydrogen (secondary N) is 1. The molecule has 7 nitrogen and oxygen atoms in total. The van der Waals surface area contributed by atoms with Gasteiger partial charge in [0.05, 0.1) is 27.0 Å². The Labute approximate surface area is 179 Å². The highest BCUT2D eigenvalue weighted by Crippen LogP contribution is 2.30. The van der Waals surface area contributed by atoms with E-state index in [1.54, 1.807) is 30.5 Å². The Balaban J connectivity index is 1.81. The van der Waals surface area contributed by atoms with Gasteiger partial charge in [0.1, 0.15) is 11.4 Å². The van der Waals surface area contributed by atoms with Crippen molar-refractivity contribution in [3.8, 4) is 11.3 Å². The third-order valence-corrected chi connectivity index (χ3v) is 4.89. The highest BCUT2D eigenvalue weighted by atomic mass is 35.5. The van der Waals surface area contributed by atoms with E-state index in [0.717, 1.165) is 5.06 Å². The van der Waals surface area contributed by atoms with E-state index >= 15 is 0 Å². The van der Waals surface area contributed by atoms with Gasteiger partial charge in [-0.25, -0.2) is 9.27 Å². The molecule has 1 N–H and O–H groups in total. The predicted molar refractivity (Wildman–Crippen MR) is 112 cm³/mol. The number of rotatable bonds is 6. The number of carbonyl (C=O) groups excluding carboxylic acids is 1. The van der Waals surface area contributed by atoms with Gasteiger partial charge in [0, 0.05) is 24.5 Å². The SMILES string of the molecule is CN(OS(=O)[O-])c1ccc(C(=O)Nc2ccc(Cl)c(-c3ccccn3)c2)c(Cl)c1. The smallest absolute Gasteiger partial charge is 0.257 e. The molecule has 1 aromatic heterocycles. The first-order valence-corrected chi connectivity index (χ1v) is 9.94. The lowest BCUT2D eigenvalue weighted by molar-refractivity contribution is 0.102. The molecule has 2 aromatic carbocycles. The molecule has 0 spiro atoms. The van der Waals surface area contributed by atoms with Crippen molar-refractivity contribution in [2.75, 3.05) is 17.4 Å². The summed E-state index contributed by atoms with van der Waals surface area (Å²) in [6, 6.07) is 14.9. The predicted octanol–water partition coefficient (Wildman–Crippen LogP) is 4.47. The normalized spacial score (nSPS) is 11.7. The van der Waals surface area contributed by atoms with Crippen molar-refractivity contribution in [1.82, 2.24) is 4.98 Å². The fourth-order valence-electron chi connectivity index (χ4n) is 2.54. The molecule has 0 aliphatic rings. The Morgan fingerprint density at radius 3 is 2.59 bits per heavy atom. The van der Waals surface area contributed by atoms with E-state index in [-0.39, 0.29) is 10.6 Å². The molecule has 1 amide bonds. The van der Waals surface area contributed by atoms with Crippen LogP contribution in [0.25, 0.3) is 11.3 Å². The Morgan fingerprint density at radius 2 is 1.93 bits per heavy atom. The van der Waals surface area contributed by atoms with Crippen LogP contribution in [0.3, 0.4) is 0 Å². The monoisotopic (exact) mass is 450 g/mol. The summed E-state index contributed by atoms with van der Waals surface area (Å²) >= 11 is 9.73. The summed E-state index contributed by atoms with van der Waals surface area (Å²) in [7, 11) is 1.40. The second kappa shape index (κ2) is 9.34. The van der Waals surface area contributed by atoms with Gasteiger partial charge in [-0.3, -0.25) is 9.78 Å². The van der Waals surface area contributed by atoms with Gasteiger partial charge in [-0.15, -0.1) is 0 Å². The molecule has 0 aliphatic heterocycles. The van der Waals surface area contributed by atoms with Crippen LogP contribution in [0.5, 0.6) is 0 Å². The minimum absolute atomic E-state index is 0.131. The molecule has 29 heavy (non-hydrogen) atoms. The van der Waals surface area contributed by atoms with Crippen molar-refractivity contribution in [2.24, 2.45) is 0 Å². The number of hydrogen-bond donors (Lipinski definition) is 1. The average molecular weight is 451 g/mol. The van der Waals surface area contributed by atoms with Crippen LogP contribution in [-0.4, -0.2) is 26.7 Å². The summed E-state index contributed by atoms with van der Waals surface area (Å²) in [5.74, 6) is -0.438. The maximum Gasteiger partial charge on any atom is 0.257 e. The first-order valence-electron chi connectivity index (χ1n) is 8.18. The highest BCUT2D eigenvalue weighted by Gasteiger charge is 2.14. The molecule has 1 unspecified atom stereocenters. The molecular formula is C19H14Cl2N3O4S-. The van der Waals surface area contributed by atoms with Gasteiger partial charge in [-0.05, 0) is 48.5 Å². The number of amides is 1. The van der Waals surface area contributed by atoms with E-state index in [0.29, 0.717) is 27.7 Å². The van der Waals surface area contributed by atoms with E-state index in [4.69, 9.17) is 23.2 Å². The summed E-state index contributed by atoms with van der Waals surface area (Å²) in [5, 5.41) is 4.41. The van der Waals surface area contributed by atoms with Crippen molar-refractivity contribution in [1.29, 1.82) is 0 Å². The topological polar surface area (TPSA) is 94.6 Å². The quantitative estimate of drug-likeness (QED) is 0.439. The minimum Gasteiger partial charge on any atom is -0.748 e. The second-order valence-electron chi connectivity index (χ2n) is 5.80. The number of hydrogen-bond acceptors (Lipinski definition) is 6. The van der Waals surface area contributed by atoms with Crippen LogP contribution in [0.1, 0.15) is 10.4 Å². The molecule has 10 heteroatoms. The molecule has 0 aliphatic carbocycles. The summed E-state index contributed by atoms with van der Waals surface area (Å²) < 4.78 is 25.8. The van der Waals surface area contributed by atoms with Gasteiger partial charge in [-0.2, -0.15) is 4.28 Å². The maximum absolute atomic E-state index is 12.6. The summed E-state index contributed by atoms with van der Waals surface area (Å²) in [4.78, 5) is 16.9. The van der Waals surface area contributed by atoms with Gasteiger partial charge in [0.2, 0.25) is 0 Å². The zero-order valence-corrected chi connectivity index (χ0v) is 17.3. The standard InChI is InChI=1S/C19H15Cl2N3O4S/c1-24(28-29(26)27)13-6-7-14(17(21)11-13)19(25)23-12-5-8-16(20)15(10-12)18-4-2-3-9-22-18/h2-11H,1H3,(H,23,25)(H,26,27)/p-1. The number of carbonyl (C=O) groups is 1. The summed E-state index contributed by atoms with van der Waals surface area (Å²) in [6.45, 7) is 0. The average Bonchev–Trinajstić information content (AvgIpc) is 2.69. The van der Waals surface area contributed by atoms with Crippen LogP contribution in [0, 0.1) is 0 Å². The lowest BCUT2D eigenvalue weighted by Crippen LogP contribution is -2.19. The van der Waals surface area contributed by atoms with E-state index in [9.17, 15) is 13.6 Å². The minimum atomic E-state index is -2.73. The lowest BCUT2D eigenvalue weighted by Gasteiger charge is -2.19. The molecule has 0 fully saturated rings. The Kier molecular flexibility index (Phi) is 6.83. The van der Waals surface area contributed by atoms with Crippen LogP contribution < -0.4 is 10.4 Å². The molecule has 0 radical (unpaired) electrons. The molecule has 1 atom stereocenters. The molecule has 0 saturated heterocycles. The molecule has 150 valence electrons. The van der Waals surface area contributed by atoms with E-state index < -0.39 is 17.3 Å². The highest BCUT2D eigenvalue weighted by molar-refractivity contribution is 7.74. The van der Waals surface area contributed by atoms with Crippen LogP contribution in [0.15, 0.2) is 60.8 Å². The van der Waals surface area contributed by atoms with Crippen LogP contribution >= 0.6 is 23.2 Å². The zero-order valence-electron chi connectivity index (χ0n) is 15.0. The van der Waals surface area contributed by atoms with E-state index in [2.05, 4.69) is 14.6 Å². The first kappa shape index (κ1) is 21.2. The fraction of sp³-hybridized carbons (Fsp3) is 0.0526. The van der Waals surface area contributed by atoms with Gasteiger partial charge >= 0.3 is 0 Å². The summed E-state index contributed by atoms with van der Waals surface area (Å²) in [5.41, 5.74) is 2.44. The number of pyridine rings is 1. The number of hydroxylamine groups is 1. The van der Waals surface area contributed by atoms with Crippen molar-refractivity contribution in [2.45, 2.75) is 0 Å². The zero-order chi connectivity index (χ0) is 21.0. The lowest BCUT2D eigenvalue weighted by atomic mass is 10.1. The Hall–Kier alpha value is -2.49. The van der Waals surface area contributed by atoms with Crippen LogP contribution in [-0.2, 0) is 15.6 Å². The number of benzene rings is 2. The molecular weight excluding hydrogens is 437 g/mol.